The first-order valence-corrected chi connectivity index (χ1v) is 9.07. The van der Waals surface area contributed by atoms with Crippen molar-refractivity contribution >= 4 is 5.78 Å². The highest BCUT2D eigenvalue weighted by Gasteiger charge is 2.27. The van der Waals surface area contributed by atoms with E-state index in [9.17, 15) is 4.79 Å². The molecule has 0 aliphatic carbocycles. The number of carbonyl (C=O) groups is 1. The molecule has 1 aliphatic heterocycles. The summed E-state index contributed by atoms with van der Waals surface area (Å²) in [6.07, 6.45) is 1.72. The van der Waals surface area contributed by atoms with Gasteiger partial charge in [-0.2, -0.15) is 0 Å². The zero-order valence-electron chi connectivity index (χ0n) is 16.4. The van der Waals surface area contributed by atoms with Gasteiger partial charge in [-0.1, -0.05) is 85.7 Å². The van der Waals surface area contributed by atoms with Crippen molar-refractivity contribution in [2.45, 2.75) is 74.3 Å². The molecule has 2 rings (SSSR count). The highest BCUT2D eigenvalue weighted by atomic mass is 16.1. The van der Waals surface area contributed by atoms with Crippen molar-refractivity contribution in [1.82, 2.24) is 4.90 Å². The van der Waals surface area contributed by atoms with Crippen LogP contribution >= 0.6 is 0 Å². The highest BCUT2D eigenvalue weighted by molar-refractivity contribution is 5.85. The summed E-state index contributed by atoms with van der Waals surface area (Å²) in [5.74, 6) is 0.352. The van der Waals surface area contributed by atoms with Crippen molar-refractivity contribution in [2.24, 2.45) is 0 Å². The summed E-state index contributed by atoms with van der Waals surface area (Å²) in [6, 6.07) is 10.0. The summed E-state index contributed by atoms with van der Waals surface area (Å²) in [4.78, 5) is 13.9. The molecule has 0 aromatic heterocycles. The van der Waals surface area contributed by atoms with Gasteiger partial charge in [-0.3, -0.25) is 9.69 Å². The topological polar surface area (TPSA) is 20.3 Å². The summed E-state index contributed by atoms with van der Waals surface area (Å²) >= 11 is 0. The molecule has 0 saturated carbocycles. The van der Waals surface area contributed by atoms with Gasteiger partial charge in [0.15, 0.2) is 5.78 Å². The Bertz CT molecular complexity index is 322. The Hall–Kier alpha value is -1.15. The summed E-state index contributed by atoms with van der Waals surface area (Å²) in [5, 5.41) is 0. The van der Waals surface area contributed by atoms with Gasteiger partial charge >= 0.3 is 0 Å². The zero-order chi connectivity index (χ0) is 18.0. The van der Waals surface area contributed by atoms with Crippen molar-refractivity contribution in [2.75, 3.05) is 13.6 Å². The minimum absolute atomic E-state index is 0.00931. The number of piperidine rings is 1. The molecule has 22 heavy (non-hydrogen) atoms. The Morgan fingerprint density at radius 2 is 1.32 bits per heavy atom. The number of hydrogen-bond donors (Lipinski definition) is 0. The van der Waals surface area contributed by atoms with Gasteiger partial charge in [0.1, 0.15) is 0 Å². The van der Waals surface area contributed by atoms with E-state index in [4.69, 9.17) is 0 Å². The third-order valence-electron chi connectivity index (χ3n) is 2.80. The van der Waals surface area contributed by atoms with Crippen LogP contribution in [0.4, 0.5) is 0 Å². The van der Waals surface area contributed by atoms with Gasteiger partial charge in [-0.05, 0) is 25.6 Å². The van der Waals surface area contributed by atoms with Crippen LogP contribution < -0.4 is 0 Å². The fourth-order valence-corrected chi connectivity index (χ4v) is 2.09. The first kappa shape index (κ1) is 25.8. The first-order valence-electron chi connectivity index (χ1n) is 9.07. The molecule has 0 bridgehead atoms. The molecule has 1 saturated heterocycles. The van der Waals surface area contributed by atoms with E-state index >= 15 is 0 Å². The number of ketones is 1. The van der Waals surface area contributed by atoms with E-state index < -0.39 is 0 Å². The normalized spacial score (nSPS) is 16.2. The second-order valence-electron chi connectivity index (χ2n) is 3.86. The lowest BCUT2D eigenvalue weighted by Gasteiger charge is -2.31. The van der Waals surface area contributed by atoms with Crippen LogP contribution in [0.15, 0.2) is 30.3 Å². The predicted molar refractivity (Wildman–Crippen MR) is 101 cm³/mol. The van der Waals surface area contributed by atoms with Crippen molar-refractivity contribution in [3.8, 4) is 0 Å². The molecule has 1 aromatic carbocycles. The van der Waals surface area contributed by atoms with Crippen molar-refractivity contribution < 1.29 is 4.79 Å². The van der Waals surface area contributed by atoms with Gasteiger partial charge in [-0.15, -0.1) is 0 Å². The molecule has 1 heterocycles. The number of Topliss-reactive ketones (excluding diaryl/α,β-unsaturated/α-hetero) is 1. The maximum Gasteiger partial charge on any atom is 0.154 e. The van der Waals surface area contributed by atoms with E-state index in [-0.39, 0.29) is 6.04 Å². The molecule has 1 atom stereocenters. The number of nitrogens with zero attached hydrogens (tertiary/aromatic N) is 1. The molecular weight excluding hydrogens is 270 g/mol. The Kier molecular flexibility index (Phi) is 23.3. The van der Waals surface area contributed by atoms with Gasteiger partial charge < -0.3 is 0 Å². The standard InChI is InChI=1S/C12H15NO.4C2H6/c1-13-9-5-8-11(14)12(13)10-6-3-2-4-7-10;4*1-2/h2-4,6-7,12H,5,8-9H2,1H3;4*1-2H3. The van der Waals surface area contributed by atoms with Crippen LogP contribution in [0, 0.1) is 0 Å². The number of likely N-dealkylation sites (N-methyl/N-ethyl adjacent to an activating group) is 1. The maximum atomic E-state index is 11.8. The van der Waals surface area contributed by atoms with Crippen LogP contribution in [0.2, 0.25) is 0 Å². The predicted octanol–water partition coefficient (Wildman–Crippen LogP) is 6.13. The van der Waals surface area contributed by atoms with Crippen molar-refractivity contribution in [3.63, 3.8) is 0 Å². The lowest BCUT2D eigenvalue weighted by atomic mass is 9.95. The molecule has 130 valence electrons. The van der Waals surface area contributed by atoms with E-state index in [1.54, 1.807) is 0 Å². The van der Waals surface area contributed by atoms with Gasteiger partial charge in [0.2, 0.25) is 0 Å². The minimum atomic E-state index is -0.00931. The number of hydrogen-bond acceptors (Lipinski definition) is 2. The summed E-state index contributed by atoms with van der Waals surface area (Å²) in [7, 11) is 2.02. The summed E-state index contributed by atoms with van der Waals surface area (Å²) < 4.78 is 0. The van der Waals surface area contributed by atoms with Crippen LogP contribution in [-0.2, 0) is 4.79 Å². The average Bonchev–Trinajstić information content (AvgIpc) is 2.63. The monoisotopic (exact) mass is 309 g/mol. The third-order valence-corrected chi connectivity index (χ3v) is 2.80. The third kappa shape index (κ3) is 9.73. The van der Waals surface area contributed by atoms with Gasteiger partial charge in [0.25, 0.3) is 0 Å². The quantitative estimate of drug-likeness (QED) is 0.622. The molecule has 1 aromatic rings. The van der Waals surface area contributed by atoms with Crippen LogP contribution in [0.5, 0.6) is 0 Å². The van der Waals surface area contributed by atoms with Crippen LogP contribution in [0.25, 0.3) is 0 Å². The lowest BCUT2D eigenvalue weighted by Crippen LogP contribution is -2.36. The zero-order valence-corrected chi connectivity index (χ0v) is 16.4. The Morgan fingerprint density at radius 3 is 1.73 bits per heavy atom. The fourth-order valence-electron chi connectivity index (χ4n) is 2.09. The molecule has 0 spiro atoms. The Labute approximate surface area is 139 Å². The molecule has 0 amide bonds. The molecule has 1 aliphatic rings. The van der Waals surface area contributed by atoms with E-state index in [0.29, 0.717) is 5.78 Å². The largest absolute Gasteiger partial charge is 0.298 e. The Morgan fingerprint density at radius 1 is 0.864 bits per heavy atom. The highest BCUT2D eigenvalue weighted by Crippen LogP contribution is 2.26. The van der Waals surface area contributed by atoms with Gasteiger partial charge in [0.05, 0.1) is 6.04 Å². The molecule has 0 radical (unpaired) electrons. The molecule has 1 fully saturated rings. The van der Waals surface area contributed by atoms with Crippen LogP contribution in [0.3, 0.4) is 0 Å². The summed E-state index contributed by atoms with van der Waals surface area (Å²) in [5.41, 5.74) is 1.12. The van der Waals surface area contributed by atoms with Crippen LogP contribution in [-0.4, -0.2) is 24.3 Å². The minimum Gasteiger partial charge on any atom is -0.298 e. The second-order valence-corrected chi connectivity index (χ2v) is 3.86. The fraction of sp³-hybridized carbons (Fsp3) is 0.650. The number of benzene rings is 1. The van der Waals surface area contributed by atoms with E-state index in [0.717, 1.165) is 24.9 Å². The molecular formula is C20H39NO. The molecule has 1 unspecified atom stereocenters. The van der Waals surface area contributed by atoms with Crippen LogP contribution in [0.1, 0.15) is 79.8 Å². The molecule has 0 N–H and O–H groups in total. The Balaban J connectivity index is -0.000000394. The summed E-state index contributed by atoms with van der Waals surface area (Å²) in [6.45, 7) is 17.0. The van der Waals surface area contributed by atoms with Gasteiger partial charge in [0, 0.05) is 6.42 Å². The average molecular weight is 310 g/mol. The van der Waals surface area contributed by atoms with Gasteiger partial charge in [-0.25, -0.2) is 0 Å². The first-order chi connectivity index (χ1) is 10.8. The van der Waals surface area contributed by atoms with Crippen molar-refractivity contribution in [3.05, 3.63) is 35.9 Å². The van der Waals surface area contributed by atoms with E-state index in [1.165, 1.54) is 0 Å². The van der Waals surface area contributed by atoms with Crippen molar-refractivity contribution in [1.29, 1.82) is 0 Å². The smallest absolute Gasteiger partial charge is 0.154 e. The number of likely N-dealkylation sites (tertiary alicyclic amines) is 1. The van der Waals surface area contributed by atoms with E-state index in [2.05, 4.69) is 4.90 Å². The second kappa shape index (κ2) is 19.9. The lowest BCUT2D eigenvalue weighted by molar-refractivity contribution is -0.126. The molecule has 2 nitrogen and oxygen atoms in total. The molecule has 2 heteroatoms. The SMILES string of the molecule is CC.CC.CC.CC.CN1CCCC(=O)C1c1ccccc1. The number of rotatable bonds is 1. The van der Waals surface area contributed by atoms with E-state index in [1.807, 2.05) is 92.8 Å². The maximum absolute atomic E-state index is 11.8. The number of carbonyl (C=O) groups excluding carboxylic acids is 1.